The van der Waals surface area contributed by atoms with Gasteiger partial charge >= 0.3 is 11.7 Å². The predicted molar refractivity (Wildman–Crippen MR) is 128 cm³/mol. The number of nitro benzene ring substituents is 2. The van der Waals surface area contributed by atoms with Gasteiger partial charge in [0.05, 0.1) is 33.0 Å². The largest absolute Gasteiger partial charge is 0.502 e. The molecule has 14 nitrogen and oxygen atoms in total. The van der Waals surface area contributed by atoms with Crippen molar-refractivity contribution in [2.75, 3.05) is 10.1 Å². The van der Waals surface area contributed by atoms with Crippen molar-refractivity contribution in [2.45, 2.75) is 4.90 Å². The number of rotatable bonds is 9. The van der Waals surface area contributed by atoms with E-state index in [1.807, 2.05) is 0 Å². The molecule has 3 aromatic rings. The number of phenols is 1. The van der Waals surface area contributed by atoms with Crippen LogP contribution in [0.4, 0.5) is 22.7 Å². The van der Waals surface area contributed by atoms with Crippen molar-refractivity contribution in [3.05, 3.63) is 91.0 Å². The van der Waals surface area contributed by atoms with Crippen molar-refractivity contribution < 1.29 is 33.3 Å². The zero-order valence-corrected chi connectivity index (χ0v) is 19.2. The van der Waals surface area contributed by atoms with Crippen molar-refractivity contribution in [3.8, 4) is 5.75 Å². The number of phenolic OH excluding ortho intramolecular Hbond substituents is 1. The topological polar surface area (TPSA) is 214 Å². The van der Waals surface area contributed by atoms with Gasteiger partial charge in [0.25, 0.3) is 15.7 Å². The zero-order chi connectivity index (χ0) is 26.6. The summed E-state index contributed by atoms with van der Waals surface area (Å²) in [5.74, 6) is -2.16. The van der Waals surface area contributed by atoms with Crippen LogP contribution in [0, 0.1) is 20.2 Å². The van der Waals surface area contributed by atoms with Crippen molar-refractivity contribution >= 4 is 56.6 Å². The molecule has 0 heterocycles. The molecule has 3 aromatic carbocycles. The third-order valence-corrected chi connectivity index (χ3v) is 6.16. The van der Waals surface area contributed by atoms with Gasteiger partial charge in [0.2, 0.25) is 5.75 Å². The van der Waals surface area contributed by atoms with Crippen LogP contribution in [-0.4, -0.2) is 40.7 Å². The Kier molecular flexibility index (Phi) is 7.36. The van der Waals surface area contributed by atoms with Gasteiger partial charge in [-0.25, -0.2) is 13.2 Å². The summed E-state index contributed by atoms with van der Waals surface area (Å²) in [6.07, 6.45) is 0.916. The van der Waals surface area contributed by atoms with Crippen LogP contribution in [0.1, 0.15) is 15.9 Å². The normalized spacial score (nSPS) is 11.2. The van der Waals surface area contributed by atoms with Gasteiger partial charge in [-0.3, -0.25) is 30.4 Å². The number of nitro groups is 2. The third kappa shape index (κ3) is 5.65. The van der Waals surface area contributed by atoms with Gasteiger partial charge in [0.1, 0.15) is 4.90 Å². The Balaban J connectivity index is 2.02. The average molecular weight is 536 g/mol. The number of aromatic hydroxyl groups is 1. The molecule has 0 spiro atoms. The Bertz CT molecular complexity index is 1530. The highest BCUT2D eigenvalue weighted by Gasteiger charge is 2.25. The van der Waals surface area contributed by atoms with Gasteiger partial charge in [-0.2, -0.15) is 5.10 Å². The highest BCUT2D eigenvalue weighted by atomic mass is 35.5. The fourth-order valence-corrected chi connectivity index (χ4v) is 4.39. The number of para-hydroxylation sites is 1. The minimum atomic E-state index is -4.60. The number of anilines is 2. The molecule has 0 saturated carbocycles. The lowest BCUT2D eigenvalue weighted by Gasteiger charge is -2.13. The summed E-state index contributed by atoms with van der Waals surface area (Å²) in [6.45, 7) is 0. The molecule has 0 aliphatic rings. The van der Waals surface area contributed by atoms with E-state index in [4.69, 9.17) is 11.6 Å². The van der Waals surface area contributed by atoms with Crippen LogP contribution in [-0.2, 0) is 10.0 Å². The number of hydrogen-bond acceptors (Lipinski definition) is 10. The van der Waals surface area contributed by atoms with Gasteiger partial charge in [-0.1, -0.05) is 23.7 Å². The molecule has 0 aliphatic heterocycles. The summed E-state index contributed by atoms with van der Waals surface area (Å²) in [4.78, 5) is 31.3. The van der Waals surface area contributed by atoms with Crippen molar-refractivity contribution in [3.63, 3.8) is 0 Å². The van der Waals surface area contributed by atoms with Crippen molar-refractivity contribution in [1.82, 2.24) is 0 Å². The molecule has 186 valence electrons. The van der Waals surface area contributed by atoms with Crippen molar-refractivity contribution in [2.24, 2.45) is 5.10 Å². The van der Waals surface area contributed by atoms with Crippen LogP contribution in [0.15, 0.2) is 64.6 Å². The highest BCUT2D eigenvalue weighted by Crippen LogP contribution is 2.33. The number of carbonyl (C=O) groups is 1. The first-order valence-corrected chi connectivity index (χ1v) is 11.4. The molecule has 4 N–H and O–H groups in total. The van der Waals surface area contributed by atoms with Gasteiger partial charge in [-0.15, -0.1) is 0 Å². The molecule has 0 bridgehead atoms. The van der Waals surface area contributed by atoms with Gasteiger partial charge in [0, 0.05) is 28.8 Å². The summed E-state index contributed by atoms with van der Waals surface area (Å²) in [5, 5.41) is 45.3. The smallest absolute Gasteiger partial charge is 0.337 e. The summed E-state index contributed by atoms with van der Waals surface area (Å²) in [6, 6.07) is 9.95. The van der Waals surface area contributed by atoms with E-state index in [9.17, 15) is 43.7 Å². The summed E-state index contributed by atoms with van der Waals surface area (Å²) >= 11 is 5.82. The van der Waals surface area contributed by atoms with Gasteiger partial charge < -0.3 is 10.2 Å². The lowest BCUT2D eigenvalue weighted by atomic mass is 10.2. The number of aromatic carboxylic acids is 1. The number of nitrogens with zero attached hydrogens (tertiary/aromatic N) is 3. The standard InChI is InChI=1S/C20H14ClN5O9S/c21-12-7-11(19(27)17(8-12)26(32)33)10-22-23-16-6-5-13(25(30)31)9-18(16)36(34,35)24-15-4-2-1-3-14(15)20(28)29/h1-10,23-24,27H,(H,28,29)/b22-10-. The average Bonchev–Trinajstić information content (AvgIpc) is 2.80. The summed E-state index contributed by atoms with van der Waals surface area (Å²) in [7, 11) is -4.60. The van der Waals surface area contributed by atoms with E-state index in [0.717, 1.165) is 42.6 Å². The number of sulfonamides is 1. The number of non-ortho nitro benzene ring substituents is 1. The van der Waals surface area contributed by atoms with Crippen LogP contribution in [0.25, 0.3) is 0 Å². The minimum absolute atomic E-state index is 0.0825. The monoisotopic (exact) mass is 535 g/mol. The van der Waals surface area contributed by atoms with Crippen LogP contribution >= 0.6 is 11.6 Å². The first kappa shape index (κ1) is 25.9. The van der Waals surface area contributed by atoms with E-state index in [0.29, 0.717) is 0 Å². The fraction of sp³-hybridized carbons (Fsp3) is 0. The second-order valence-corrected chi connectivity index (χ2v) is 8.97. The van der Waals surface area contributed by atoms with Crippen LogP contribution in [0.5, 0.6) is 5.75 Å². The molecule has 0 aliphatic carbocycles. The van der Waals surface area contributed by atoms with E-state index in [1.165, 1.54) is 18.2 Å². The van der Waals surface area contributed by atoms with E-state index >= 15 is 0 Å². The molecule has 0 unspecified atom stereocenters. The van der Waals surface area contributed by atoms with Gasteiger partial charge in [0.15, 0.2) is 0 Å². The number of carboxylic acid groups (broad SMARTS) is 1. The zero-order valence-electron chi connectivity index (χ0n) is 17.7. The van der Waals surface area contributed by atoms with E-state index in [1.54, 1.807) is 0 Å². The number of nitrogens with one attached hydrogen (secondary N) is 2. The number of halogens is 1. The Morgan fingerprint density at radius 3 is 2.36 bits per heavy atom. The van der Waals surface area contributed by atoms with Crippen LogP contribution < -0.4 is 10.1 Å². The predicted octanol–water partition coefficient (Wildman–Crippen LogP) is 3.81. The maximum atomic E-state index is 13.1. The molecule has 3 rings (SSSR count). The molecule has 16 heteroatoms. The molecular weight excluding hydrogens is 522 g/mol. The van der Waals surface area contributed by atoms with Crippen LogP contribution in [0.3, 0.4) is 0 Å². The second kappa shape index (κ2) is 10.2. The fourth-order valence-electron chi connectivity index (χ4n) is 2.91. The Morgan fingerprint density at radius 1 is 1.03 bits per heavy atom. The molecule has 36 heavy (non-hydrogen) atoms. The maximum absolute atomic E-state index is 13.1. The van der Waals surface area contributed by atoms with Crippen LogP contribution in [0.2, 0.25) is 5.02 Å². The van der Waals surface area contributed by atoms with Crippen molar-refractivity contribution in [1.29, 1.82) is 0 Å². The lowest BCUT2D eigenvalue weighted by molar-refractivity contribution is -0.385. The molecule has 0 radical (unpaired) electrons. The van der Waals surface area contributed by atoms with E-state index in [-0.39, 0.29) is 27.5 Å². The van der Waals surface area contributed by atoms with Gasteiger partial charge in [-0.05, 0) is 24.3 Å². The highest BCUT2D eigenvalue weighted by molar-refractivity contribution is 7.93. The number of benzene rings is 3. The van der Waals surface area contributed by atoms with E-state index in [2.05, 4.69) is 15.2 Å². The molecule has 0 fully saturated rings. The second-order valence-electron chi connectivity index (χ2n) is 6.88. The molecule has 0 saturated heterocycles. The molecule has 0 amide bonds. The summed E-state index contributed by atoms with van der Waals surface area (Å²) < 4.78 is 28.2. The summed E-state index contributed by atoms with van der Waals surface area (Å²) in [5.41, 5.74) is -0.0377. The quantitative estimate of drug-likeness (QED) is 0.176. The number of hydrogen-bond donors (Lipinski definition) is 4. The Hall–Kier alpha value is -4.76. The molecule has 0 atom stereocenters. The lowest BCUT2D eigenvalue weighted by Crippen LogP contribution is -2.17. The number of carboxylic acids is 1. The Morgan fingerprint density at radius 2 is 1.72 bits per heavy atom. The SMILES string of the molecule is O=C(O)c1ccccc1NS(=O)(=O)c1cc([N+](=O)[O-])ccc1N/N=C\c1cc(Cl)cc([N+](=O)[O-])c1O. The Labute approximate surface area is 206 Å². The first-order valence-electron chi connectivity index (χ1n) is 9.50. The maximum Gasteiger partial charge on any atom is 0.337 e. The molecule has 0 aromatic heterocycles. The molecular formula is C20H14ClN5O9S. The minimum Gasteiger partial charge on any atom is -0.502 e. The first-order chi connectivity index (χ1) is 16.9. The third-order valence-electron chi connectivity index (χ3n) is 4.54. The van der Waals surface area contributed by atoms with E-state index < -0.39 is 47.9 Å². The number of hydrazone groups is 1.